The van der Waals surface area contributed by atoms with Crippen LogP contribution < -0.4 is 11.1 Å². The van der Waals surface area contributed by atoms with Crippen molar-refractivity contribution in [3.8, 4) is 0 Å². The highest BCUT2D eigenvalue weighted by Crippen LogP contribution is 2.60. The summed E-state index contributed by atoms with van der Waals surface area (Å²) in [5.41, 5.74) is 6.51. The van der Waals surface area contributed by atoms with Crippen LogP contribution in [-0.2, 0) is 0 Å². The van der Waals surface area contributed by atoms with Crippen molar-refractivity contribution in [1.29, 1.82) is 0 Å². The van der Waals surface area contributed by atoms with Crippen molar-refractivity contribution in [3.05, 3.63) is 24.4 Å². The van der Waals surface area contributed by atoms with Crippen LogP contribution in [0, 0.1) is 11.3 Å². The van der Waals surface area contributed by atoms with E-state index in [-0.39, 0.29) is 0 Å². The van der Waals surface area contributed by atoms with Crippen LogP contribution in [0.3, 0.4) is 0 Å². The van der Waals surface area contributed by atoms with E-state index in [1.807, 2.05) is 18.2 Å². The predicted octanol–water partition coefficient (Wildman–Crippen LogP) is 2.34. The Bertz CT molecular complexity index is 454. The Hall–Kier alpha value is -1.23. The molecule has 0 bridgehead atoms. The third-order valence-electron chi connectivity index (χ3n) is 4.25. The maximum Gasteiger partial charge on any atom is 0.194 e. The quantitative estimate of drug-likeness (QED) is 0.657. The van der Waals surface area contributed by atoms with Gasteiger partial charge in [0.1, 0.15) is 5.82 Å². The fraction of sp³-hybridized carbons (Fsp3) is 0.571. The minimum atomic E-state index is 0.478. The van der Waals surface area contributed by atoms with Crippen molar-refractivity contribution in [2.75, 3.05) is 23.4 Å². The minimum Gasteiger partial charge on any atom is -0.370 e. The van der Waals surface area contributed by atoms with E-state index in [0.717, 1.165) is 18.3 Å². The number of aromatic nitrogens is 1. The maximum atomic E-state index is 5.89. The number of guanidine groups is 1. The number of hydrogen-bond acceptors (Lipinski definition) is 3. The number of pyridine rings is 1. The number of aliphatic imine (C=N–C) groups is 1. The van der Waals surface area contributed by atoms with E-state index in [1.54, 1.807) is 6.20 Å². The molecule has 1 saturated heterocycles. The van der Waals surface area contributed by atoms with Crippen molar-refractivity contribution in [2.45, 2.75) is 19.3 Å². The molecule has 3 N–H and O–H groups in total. The number of thioether (sulfide) groups is 1. The monoisotopic (exact) mass is 276 g/mol. The van der Waals surface area contributed by atoms with Gasteiger partial charge in [-0.25, -0.2) is 4.98 Å². The average Bonchev–Trinajstić information content (AvgIpc) is 3.11. The van der Waals surface area contributed by atoms with Crippen molar-refractivity contribution in [2.24, 2.45) is 22.1 Å². The van der Waals surface area contributed by atoms with Crippen LogP contribution in [0.15, 0.2) is 29.4 Å². The Balaban J connectivity index is 1.50. The Morgan fingerprint density at radius 2 is 2.32 bits per heavy atom. The summed E-state index contributed by atoms with van der Waals surface area (Å²) in [6.45, 7) is 0.857. The van der Waals surface area contributed by atoms with Crippen LogP contribution in [0.25, 0.3) is 0 Å². The van der Waals surface area contributed by atoms with Gasteiger partial charge in [0.05, 0.1) is 0 Å². The van der Waals surface area contributed by atoms with E-state index in [0.29, 0.717) is 11.4 Å². The molecule has 1 aliphatic carbocycles. The second kappa shape index (κ2) is 5.41. The van der Waals surface area contributed by atoms with Gasteiger partial charge in [0.25, 0.3) is 0 Å². The first-order chi connectivity index (χ1) is 9.28. The van der Waals surface area contributed by atoms with E-state index in [2.05, 4.69) is 27.1 Å². The third kappa shape index (κ3) is 3.03. The Morgan fingerprint density at radius 3 is 3.05 bits per heavy atom. The Kier molecular flexibility index (Phi) is 3.64. The SMILES string of the molecule is NC(=NCC1CC12CCSCC2)Nc1ccccn1. The topological polar surface area (TPSA) is 63.3 Å². The predicted molar refractivity (Wildman–Crippen MR) is 81.4 cm³/mol. The van der Waals surface area contributed by atoms with Crippen LogP contribution in [0.4, 0.5) is 5.82 Å². The van der Waals surface area contributed by atoms with E-state index in [4.69, 9.17) is 5.73 Å². The van der Waals surface area contributed by atoms with Crippen LogP contribution in [0.1, 0.15) is 19.3 Å². The highest BCUT2D eigenvalue weighted by atomic mass is 32.2. The molecule has 1 saturated carbocycles. The summed E-state index contributed by atoms with van der Waals surface area (Å²) >= 11 is 2.08. The lowest BCUT2D eigenvalue weighted by molar-refractivity contribution is 0.422. The standard InChI is InChI=1S/C14H20N4S/c15-13(18-12-3-1-2-6-16-12)17-10-11-9-14(11)4-7-19-8-5-14/h1-3,6,11H,4-5,7-10H2,(H3,15,16,17,18). The second-order valence-corrected chi connectivity index (χ2v) is 6.67. The maximum absolute atomic E-state index is 5.89. The van der Waals surface area contributed by atoms with Gasteiger partial charge in [-0.15, -0.1) is 0 Å². The molecule has 4 nitrogen and oxygen atoms in total. The first-order valence-electron chi connectivity index (χ1n) is 6.84. The average molecular weight is 276 g/mol. The molecule has 1 unspecified atom stereocenters. The molecule has 1 aliphatic heterocycles. The molecular weight excluding hydrogens is 256 g/mol. The smallest absolute Gasteiger partial charge is 0.194 e. The molecule has 0 radical (unpaired) electrons. The van der Waals surface area contributed by atoms with Gasteiger partial charge in [0, 0.05) is 12.7 Å². The lowest BCUT2D eigenvalue weighted by Crippen LogP contribution is -2.24. The second-order valence-electron chi connectivity index (χ2n) is 5.44. The first kappa shape index (κ1) is 12.8. The van der Waals surface area contributed by atoms with Crippen molar-refractivity contribution in [3.63, 3.8) is 0 Å². The summed E-state index contributed by atoms with van der Waals surface area (Å²) in [5, 5.41) is 3.03. The number of anilines is 1. The minimum absolute atomic E-state index is 0.478. The van der Waals surface area contributed by atoms with Gasteiger partial charge in [-0.2, -0.15) is 11.8 Å². The molecule has 5 heteroatoms. The van der Waals surface area contributed by atoms with E-state index in [1.165, 1.54) is 30.8 Å². The summed E-state index contributed by atoms with van der Waals surface area (Å²) in [4.78, 5) is 8.64. The molecular formula is C14H20N4S. The highest BCUT2D eigenvalue weighted by molar-refractivity contribution is 7.99. The molecule has 1 atom stereocenters. The van der Waals surface area contributed by atoms with Gasteiger partial charge in [0.2, 0.25) is 0 Å². The largest absolute Gasteiger partial charge is 0.370 e. The molecule has 0 amide bonds. The lowest BCUT2D eigenvalue weighted by atomic mass is 9.96. The summed E-state index contributed by atoms with van der Waals surface area (Å²) in [5.74, 6) is 4.62. The van der Waals surface area contributed by atoms with Gasteiger partial charge in [-0.1, -0.05) is 6.07 Å². The zero-order chi connectivity index (χ0) is 13.1. The van der Waals surface area contributed by atoms with Crippen molar-refractivity contribution in [1.82, 2.24) is 4.98 Å². The lowest BCUT2D eigenvalue weighted by Gasteiger charge is -2.21. The van der Waals surface area contributed by atoms with Crippen LogP contribution in [0.5, 0.6) is 0 Å². The molecule has 1 aromatic heterocycles. The summed E-state index contributed by atoms with van der Waals surface area (Å²) in [6.07, 6.45) is 5.82. The molecule has 1 spiro atoms. The zero-order valence-electron chi connectivity index (χ0n) is 11.0. The van der Waals surface area contributed by atoms with Crippen LogP contribution >= 0.6 is 11.8 Å². The normalized spacial score (nSPS) is 25.3. The van der Waals surface area contributed by atoms with Gasteiger partial charge >= 0.3 is 0 Å². The Labute approximate surface area is 118 Å². The Morgan fingerprint density at radius 1 is 1.47 bits per heavy atom. The molecule has 3 rings (SSSR count). The fourth-order valence-corrected chi connectivity index (χ4v) is 4.20. The summed E-state index contributed by atoms with van der Waals surface area (Å²) in [6, 6.07) is 5.70. The number of rotatable bonds is 3. The van der Waals surface area contributed by atoms with Gasteiger partial charge in [-0.05, 0) is 54.2 Å². The van der Waals surface area contributed by atoms with E-state index < -0.39 is 0 Å². The number of nitrogens with zero attached hydrogens (tertiary/aromatic N) is 2. The van der Waals surface area contributed by atoms with Crippen molar-refractivity contribution < 1.29 is 0 Å². The molecule has 1 aromatic rings. The number of hydrogen-bond donors (Lipinski definition) is 2. The van der Waals surface area contributed by atoms with Gasteiger partial charge in [-0.3, -0.25) is 4.99 Å². The van der Waals surface area contributed by atoms with Crippen LogP contribution in [-0.4, -0.2) is 29.0 Å². The van der Waals surface area contributed by atoms with Crippen LogP contribution in [0.2, 0.25) is 0 Å². The zero-order valence-corrected chi connectivity index (χ0v) is 11.8. The summed E-state index contributed by atoms with van der Waals surface area (Å²) in [7, 11) is 0. The number of nitrogens with one attached hydrogen (secondary N) is 1. The third-order valence-corrected chi connectivity index (χ3v) is 5.24. The molecule has 102 valence electrons. The molecule has 2 heterocycles. The van der Waals surface area contributed by atoms with Gasteiger partial charge < -0.3 is 11.1 Å². The number of nitrogens with two attached hydrogens (primary N) is 1. The first-order valence-corrected chi connectivity index (χ1v) is 8.00. The van der Waals surface area contributed by atoms with Crippen molar-refractivity contribution >= 4 is 23.5 Å². The van der Waals surface area contributed by atoms with E-state index >= 15 is 0 Å². The molecule has 2 fully saturated rings. The van der Waals surface area contributed by atoms with E-state index in [9.17, 15) is 0 Å². The summed E-state index contributed by atoms with van der Waals surface area (Å²) < 4.78 is 0. The molecule has 2 aliphatic rings. The molecule has 0 aromatic carbocycles. The fourth-order valence-electron chi connectivity index (χ4n) is 2.90. The molecule has 19 heavy (non-hydrogen) atoms. The van der Waals surface area contributed by atoms with Gasteiger partial charge in [0.15, 0.2) is 5.96 Å². The highest BCUT2D eigenvalue weighted by Gasteiger charge is 2.53.